The average molecular weight is 431 g/mol. The van der Waals surface area contributed by atoms with Crippen molar-refractivity contribution in [2.24, 2.45) is 5.10 Å². The minimum absolute atomic E-state index is 0.0512. The molecular weight excluding hydrogens is 404 g/mol. The molecule has 32 heavy (non-hydrogen) atoms. The number of hydrazone groups is 1. The summed E-state index contributed by atoms with van der Waals surface area (Å²) in [4.78, 5) is 24.4. The van der Waals surface area contributed by atoms with E-state index in [2.05, 4.69) is 10.5 Å². The molecule has 0 spiro atoms. The van der Waals surface area contributed by atoms with E-state index >= 15 is 0 Å². The van der Waals surface area contributed by atoms with Crippen molar-refractivity contribution < 1.29 is 19.4 Å². The lowest BCUT2D eigenvalue weighted by Crippen LogP contribution is -2.23. The Bertz CT molecular complexity index is 1010. The maximum absolute atomic E-state index is 12.6. The summed E-state index contributed by atoms with van der Waals surface area (Å²) in [6.07, 6.45) is 0.0512. The lowest BCUT2D eigenvalue weighted by molar-refractivity contribution is -0.121. The number of carbonyl (C=O) groups is 2. The zero-order chi connectivity index (χ0) is 22.8. The van der Waals surface area contributed by atoms with Crippen molar-refractivity contribution >= 4 is 17.6 Å². The average Bonchev–Trinajstić information content (AvgIpc) is 2.84. The molecule has 0 heterocycles. The van der Waals surface area contributed by atoms with E-state index in [-0.39, 0.29) is 18.9 Å². The minimum Gasteiger partial charge on any atom is -0.462 e. The number of hydrogen-bond acceptors (Lipinski definition) is 5. The third-order valence-electron chi connectivity index (χ3n) is 4.93. The highest BCUT2D eigenvalue weighted by Gasteiger charge is 2.17. The molecule has 3 aromatic rings. The molecule has 0 fully saturated rings. The first-order valence-electron chi connectivity index (χ1n) is 10.5. The van der Waals surface area contributed by atoms with Crippen molar-refractivity contribution in [3.63, 3.8) is 0 Å². The van der Waals surface area contributed by atoms with E-state index in [1.807, 2.05) is 60.7 Å². The Hall–Kier alpha value is -3.77. The van der Waals surface area contributed by atoms with Gasteiger partial charge in [0.25, 0.3) is 0 Å². The maximum Gasteiger partial charge on any atom is 0.338 e. The van der Waals surface area contributed by atoms with Crippen molar-refractivity contribution in [3.05, 3.63) is 107 Å². The number of esters is 1. The number of ether oxygens (including phenoxy) is 1. The fraction of sp³-hybridized carbons (Fsp3) is 0.192. The third-order valence-corrected chi connectivity index (χ3v) is 4.93. The van der Waals surface area contributed by atoms with Crippen LogP contribution in [0.25, 0.3) is 0 Å². The number of nitrogens with one attached hydrogen (secondary N) is 1. The standard InChI is InChI=1S/C26H26N2O4/c1-2-32-26(31)22-15-13-19(14-16-22)23(18-29)17-24(30)27-28-25(20-9-5-3-6-10-20)21-11-7-4-8-12-21/h3-16,23,29H,2,17-18H2,1H3,(H,27,30). The van der Waals surface area contributed by atoms with Crippen LogP contribution in [0, 0.1) is 0 Å². The molecule has 0 aliphatic carbocycles. The summed E-state index contributed by atoms with van der Waals surface area (Å²) in [6, 6.07) is 25.9. The quantitative estimate of drug-likeness (QED) is 0.306. The van der Waals surface area contributed by atoms with Crippen molar-refractivity contribution in [3.8, 4) is 0 Å². The lowest BCUT2D eigenvalue weighted by atomic mass is 9.95. The Morgan fingerprint density at radius 1 is 0.875 bits per heavy atom. The van der Waals surface area contributed by atoms with E-state index in [9.17, 15) is 14.7 Å². The number of nitrogens with zero attached hydrogens (tertiary/aromatic N) is 1. The van der Waals surface area contributed by atoms with Crippen LogP contribution in [0.4, 0.5) is 0 Å². The summed E-state index contributed by atoms with van der Waals surface area (Å²) in [5, 5.41) is 14.2. The highest BCUT2D eigenvalue weighted by Crippen LogP contribution is 2.20. The molecule has 1 atom stereocenters. The van der Waals surface area contributed by atoms with E-state index in [0.29, 0.717) is 17.9 Å². The van der Waals surface area contributed by atoms with E-state index < -0.39 is 11.9 Å². The largest absolute Gasteiger partial charge is 0.462 e. The highest BCUT2D eigenvalue weighted by atomic mass is 16.5. The second kappa shape index (κ2) is 11.6. The van der Waals surface area contributed by atoms with Gasteiger partial charge in [-0.25, -0.2) is 10.2 Å². The summed E-state index contributed by atoms with van der Waals surface area (Å²) in [7, 11) is 0. The van der Waals surface area contributed by atoms with Crippen LogP contribution in [-0.2, 0) is 9.53 Å². The molecule has 0 radical (unpaired) electrons. The molecule has 3 rings (SSSR count). The fourth-order valence-corrected chi connectivity index (χ4v) is 3.27. The van der Waals surface area contributed by atoms with Gasteiger partial charge in [-0.15, -0.1) is 0 Å². The molecule has 1 unspecified atom stereocenters. The Balaban J connectivity index is 1.72. The molecule has 3 aromatic carbocycles. The van der Waals surface area contributed by atoms with Gasteiger partial charge in [0.1, 0.15) is 0 Å². The summed E-state index contributed by atoms with van der Waals surface area (Å²) in [5.74, 6) is -1.14. The van der Waals surface area contributed by atoms with Crippen LogP contribution in [0.2, 0.25) is 0 Å². The Kier molecular flexibility index (Phi) is 8.29. The Morgan fingerprint density at radius 2 is 1.44 bits per heavy atom. The van der Waals surface area contributed by atoms with Crippen LogP contribution >= 0.6 is 0 Å². The number of benzene rings is 3. The second-order valence-electron chi connectivity index (χ2n) is 7.15. The van der Waals surface area contributed by atoms with Gasteiger partial charge < -0.3 is 9.84 Å². The Morgan fingerprint density at radius 3 is 1.94 bits per heavy atom. The van der Waals surface area contributed by atoms with E-state index in [1.54, 1.807) is 31.2 Å². The Labute approximate surface area is 187 Å². The first kappa shape index (κ1) is 22.9. The summed E-state index contributed by atoms with van der Waals surface area (Å²) >= 11 is 0. The number of amides is 1. The number of carbonyl (C=O) groups excluding carboxylic acids is 2. The van der Waals surface area contributed by atoms with E-state index in [0.717, 1.165) is 16.7 Å². The SMILES string of the molecule is CCOC(=O)c1ccc(C(CO)CC(=O)NN=C(c2ccccc2)c2ccccc2)cc1. The third kappa shape index (κ3) is 6.12. The number of aliphatic hydroxyl groups excluding tert-OH is 1. The lowest BCUT2D eigenvalue weighted by Gasteiger charge is -2.14. The molecule has 6 nitrogen and oxygen atoms in total. The first-order chi connectivity index (χ1) is 15.6. The number of hydrogen-bond donors (Lipinski definition) is 2. The molecule has 0 aromatic heterocycles. The van der Waals surface area contributed by atoms with Gasteiger partial charge in [-0.3, -0.25) is 4.79 Å². The molecule has 6 heteroatoms. The highest BCUT2D eigenvalue weighted by molar-refractivity contribution is 6.13. The normalized spacial score (nSPS) is 11.3. The maximum atomic E-state index is 12.6. The molecule has 0 bridgehead atoms. The summed E-state index contributed by atoms with van der Waals surface area (Å²) in [6.45, 7) is 1.84. The molecule has 2 N–H and O–H groups in total. The molecule has 0 aliphatic rings. The van der Waals surface area contributed by atoms with Crippen LogP contribution in [0.1, 0.15) is 46.3 Å². The van der Waals surface area contributed by atoms with Crippen LogP contribution < -0.4 is 5.43 Å². The van der Waals surface area contributed by atoms with Crippen molar-refractivity contribution in [1.29, 1.82) is 0 Å². The number of aliphatic hydroxyl groups is 1. The molecular formula is C26H26N2O4. The smallest absolute Gasteiger partial charge is 0.338 e. The van der Waals surface area contributed by atoms with Crippen LogP contribution in [0.3, 0.4) is 0 Å². The van der Waals surface area contributed by atoms with Gasteiger partial charge in [-0.1, -0.05) is 72.8 Å². The first-order valence-corrected chi connectivity index (χ1v) is 10.5. The topological polar surface area (TPSA) is 88.0 Å². The molecule has 164 valence electrons. The minimum atomic E-state index is -0.418. The van der Waals surface area contributed by atoms with Crippen LogP contribution in [0.15, 0.2) is 90.0 Å². The van der Waals surface area contributed by atoms with Gasteiger partial charge in [-0.05, 0) is 24.6 Å². The fourth-order valence-electron chi connectivity index (χ4n) is 3.27. The molecule has 0 saturated carbocycles. The zero-order valence-electron chi connectivity index (χ0n) is 17.9. The van der Waals surface area contributed by atoms with Crippen LogP contribution in [0.5, 0.6) is 0 Å². The van der Waals surface area contributed by atoms with Crippen molar-refractivity contribution in [1.82, 2.24) is 5.43 Å². The monoisotopic (exact) mass is 430 g/mol. The predicted octanol–water partition coefficient (Wildman–Crippen LogP) is 3.90. The molecule has 0 aliphatic heterocycles. The summed E-state index contributed by atoms with van der Waals surface area (Å²) in [5.41, 5.74) is 6.22. The number of rotatable bonds is 9. The zero-order valence-corrected chi connectivity index (χ0v) is 17.9. The summed E-state index contributed by atoms with van der Waals surface area (Å²) < 4.78 is 4.98. The van der Waals surface area contributed by atoms with Gasteiger partial charge in [0.2, 0.25) is 5.91 Å². The molecule has 0 saturated heterocycles. The van der Waals surface area contributed by atoms with E-state index in [1.165, 1.54) is 0 Å². The van der Waals surface area contributed by atoms with Crippen molar-refractivity contribution in [2.75, 3.05) is 13.2 Å². The van der Waals surface area contributed by atoms with Crippen molar-refractivity contribution in [2.45, 2.75) is 19.3 Å². The van der Waals surface area contributed by atoms with E-state index in [4.69, 9.17) is 4.74 Å². The predicted molar refractivity (Wildman–Crippen MR) is 124 cm³/mol. The van der Waals surface area contributed by atoms with Gasteiger partial charge in [0.15, 0.2) is 0 Å². The second-order valence-corrected chi connectivity index (χ2v) is 7.15. The van der Waals surface area contributed by atoms with Gasteiger partial charge in [0, 0.05) is 23.5 Å². The molecule has 1 amide bonds. The van der Waals surface area contributed by atoms with Gasteiger partial charge >= 0.3 is 5.97 Å². The van der Waals surface area contributed by atoms with Gasteiger partial charge in [0.05, 0.1) is 24.5 Å². The van der Waals surface area contributed by atoms with Gasteiger partial charge in [-0.2, -0.15) is 5.10 Å². The van der Waals surface area contributed by atoms with Crippen LogP contribution in [-0.4, -0.2) is 35.9 Å².